The molecule has 1 aromatic heterocycles. The molecule has 8 nitrogen and oxygen atoms in total. The topological polar surface area (TPSA) is 91.2 Å². The van der Waals surface area contributed by atoms with Crippen LogP contribution in [0.2, 0.25) is 0 Å². The molecule has 0 atom stereocenters. The van der Waals surface area contributed by atoms with Crippen LogP contribution in [0.25, 0.3) is 11.8 Å². The second-order valence-corrected chi connectivity index (χ2v) is 6.01. The molecular weight excluding hydrogens is 358 g/mol. The lowest BCUT2D eigenvalue weighted by Gasteiger charge is -2.07. The van der Waals surface area contributed by atoms with Crippen LogP contribution in [0.15, 0.2) is 48.5 Å². The largest absolute Gasteiger partial charge is 0.493 e. The summed E-state index contributed by atoms with van der Waals surface area (Å²) in [5, 5.41) is 14.4. The summed E-state index contributed by atoms with van der Waals surface area (Å²) >= 11 is 0. The van der Waals surface area contributed by atoms with Crippen molar-refractivity contribution >= 4 is 12.0 Å². The molecular formula is C20H21N5O3. The van der Waals surface area contributed by atoms with Crippen molar-refractivity contribution in [3.8, 4) is 17.2 Å². The lowest BCUT2D eigenvalue weighted by molar-refractivity contribution is -0.116. The zero-order valence-corrected chi connectivity index (χ0v) is 15.9. The molecule has 144 valence electrons. The van der Waals surface area contributed by atoms with Gasteiger partial charge in [-0.3, -0.25) is 4.79 Å². The van der Waals surface area contributed by atoms with Crippen LogP contribution in [0.4, 0.5) is 0 Å². The number of hydrogen-bond acceptors (Lipinski definition) is 6. The molecule has 0 saturated carbocycles. The minimum Gasteiger partial charge on any atom is -0.493 e. The highest BCUT2D eigenvalue weighted by atomic mass is 16.5. The zero-order chi connectivity index (χ0) is 19.9. The quantitative estimate of drug-likeness (QED) is 0.634. The first-order valence-electron chi connectivity index (χ1n) is 8.63. The molecule has 0 bridgehead atoms. The predicted octanol–water partition coefficient (Wildman–Crippen LogP) is 2.32. The first kappa shape index (κ1) is 19.1. The summed E-state index contributed by atoms with van der Waals surface area (Å²) in [5.74, 6) is 1.51. The van der Waals surface area contributed by atoms with E-state index in [1.165, 1.54) is 6.08 Å². The Morgan fingerprint density at radius 1 is 1.11 bits per heavy atom. The molecule has 1 amide bonds. The number of rotatable bonds is 7. The summed E-state index contributed by atoms with van der Waals surface area (Å²) in [6, 6.07) is 13.2. The number of carbonyl (C=O) groups excluding carboxylic acids is 1. The van der Waals surface area contributed by atoms with Crippen molar-refractivity contribution in [3.63, 3.8) is 0 Å². The Morgan fingerprint density at radius 3 is 2.57 bits per heavy atom. The van der Waals surface area contributed by atoms with Gasteiger partial charge in [-0.05, 0) is 53.3 Å². The fraction of sp³-hybridized carbons (Fsp3) is 0.200. The van der Waals surface area contributed by atoms with Crippen molar-refractivity contribution in [2.75, 3.05) is 14.2 Å². The molecule has 1 heterocycles. The molecule has 0 aliphatic carbocycles. The van der Waals surface area contributed by atoms with E-state index in [0.29, 0.717) is 17.3 Å². The van der Waals surface area contributed by atoms with Gasteiger partial charge in [-0.15, -0.1) is 5.10 Å². The summed E-state index contributed by atoms with van der Waals surface area (Å²) in [6.45, 7) is 2.21. The van der Waals surface area contributed by atoms with Gasteiger partial charge in [0.1, 0.15) is 0 Å². The number of aromatic nitrogens is 4. The van der Waals surface area contributed by atoms with E-state index in [-0.39, 0.29) is 12.5 Å². The Kier molecular flexibility index (Phi) is 6.01. The van der Waals surface area contributed by atoms with E-state index < -0.39 is 0 Å². The van der Waals surface area contributed by atoms with Crippen molar-refractivity contribution in [1.29, 1.82) is 0 Å². The monoisotopic (exact) mass is 379 g/mol. The maximum atomic E-state index is 12.1. The minimum atomic E-state index is -0.256. The number of nitrogens with one attached hydrogen (secondary N) is 1. The molecule has 28 heavy (non-hydrogen) atoms. The van der Waals surface area contributed by atoms with Crippen molar-refractivity contribution in [3.05, 3.63) is 65.5 Å². The number of methoxy groups -OCH3 is 2. The lowest BCUT2D eigenvalue weighted by Crippen LogP contribution is -2.22. The number of amides is 1. The third-order valence-corrected chi connectivity index (χ3v) is 4.07. The van der Waals surface area contributed by atoms with Crippen LogP contribution in [0.5, 0.6) is 11.5 Å². The van der Waals surface area contributed by atoms with E-state index in [0.717, 1.165) is 16.8 Å². The highest BCUT2D eigenvalue weighted by molar-refractivity contribution is 5.91. The van der Waals surface area contributed by atoms with E-state index >= 15 is 0 Å². The number of aryl methyl sites for hydroxylation is 1. The van der Waals surface area contributed by atoms with Gasteiger partial charge in [0, 0.05) is 6.08 Å². The van der Waals surface area contributed by atoms with Gasteiger partial charge < -0.3 is 14.8 Å². The van der Waals surface area contributed by atoms with Crippen LogP contribution in [0.3, 0.4) is 0 Å². The molecule has 0 saturated heterocycles. The Bertz CT molecular complexity index is 980. The van der Waals surface area contributed by atoms with Gasteiger partial charge in [-0.25, -0.2) is 0 Å². The summed E-state index contributed by atoms with van der Waals surface area (Å²) < 4.78 is 12.1. The molecule has 0 unspecified atom stereocenters. The van der Waals surface area contributed by atoms with Crippen molar-refractivity contribution in [2.24, 2.45) is 0 Å². The van der Waals surface area contributed by atoms with E-state index in [4.69, 9.17) is 9.47 Å². The first-order chi connectivity index (χ1) is 13.6. The summed E-state index contributed by atoms with van der Waals surface area (Å²) in [6.07, 6.45) is 3.14. The molecule has 0 spiro atoms. The molecule has 3 aromatic rings. The van der Waals surface area contributed by atoms with E-state index in [2.05, 4.69) is 20.8 Å². The van der Waals surface area contributed by atoms with Crippen LogP contribution in [0.1, 0.15) is 17.0 Å². The Balaban J connectivity index is 1.63. The summed E-state index contributed by atoms with van der Waals surface area (Å²) in [4.78, 5) is 12.1. The number of ether oxygens (including phenoxy) is 2. The number of hydrogen-bond donors (Lipinski definition) is 1. The van der Waals surface area contributed by atoms with Crippen molar-refractivity contribution < 1.29 is 14.3 Å². The third kappa shape index (κ3) is 4.53. The molecule has 8 heteroatoms. The number of benzene rings is 2. The molecule has 0 aliphatic heterocycles. The van der Waals surface area contributed by atoms with Gasteiger partial charge in [0.25, 0.3) is 0 Å². The van der Waals surface area contributed by atoms with Crippen LogP contribution in [-0.2, 0) is 11.3 Å². The fourth-order valence-electron chi connectivity index (χ4n) is 2.56. The lowest BCUT2D eigenvalue weighted by atomic mass is 10.2. The van der Waals surface area contributed by atoms with Gasteiger partial charge in [-0.1, -0.05) is 23.8 Å². The smallest absolute Gasteiger partial charge is 0.244 e. The van der Waals surface area contributed by atoms with Gasteiger partial charge in [-0.2, -0.15) is 4.68 Å². The number of nitrogens with zero attached hydrogens (tertiary/aromatic N) is 4. The van der Waals surface area contributed by atoms with E-state index in [1.54, 1.807) is 37.1 Å². The Morgan fingerprint density at radius 2 is 1.86 bits per heavy atom. The van der Waals surface area contributed by atoms with Crippen LogP contribution < -0.4 is 14.8 Å². The average molecular weight is 379 g/mol. The van der Waals surface area contributed by atoms with Crippen LogP contribution >= 0.6 is 0 Å². The minimum absolute atomic E-state index is 0.204. The maximum Gasteiger partial charge on any atom is 0.244 e. The molecule has 2 aromatic carbocycles. The van der Waals surface area contributed by atoms with Gasteiger partial charge in [0.2, 0.25) is 5.91 Å². The summed E-state index contributed by atoms with van der Waals surface area (Å²) in [5.41, 5.74) is 2.80. The van der Waals surface area contributed by atoms with Crippen molar-refractivity contribution in [1.82, 2.24) is 25.5 Å². The second-order valence-electron chi connectivity index (χ2n) is 6.01. The normalized spacial score (nSPS) is 10.8. The fourth-order valence-corrected chi connectivity index (χ4v) is 2.56. The van der Waals surface area contributed by atoms with Gasteiger partial charge in [0.05, 0.1) is 26.5 Å². The molecule has 0 aliphatic rings. The number of tetrazole rings is 1. The highest BCUT2D eigenvalue weighted by Gasteiger charge is 2.09. The Labute approximate surface area is 162 Å². The standard InChI is InChI=1S/C20H21N5O3/c1-14-4-8-16(9-5-14)25-19(22-23-24-25)13-21-20(26)11-7-15-6-10-17(27-2)18(12-15)28-3/h4-12H,13H2,1-3H3,(H,21,26)/b11-7+. The second kappa shape index (κ2) is 8.81. The van der Waals surface area contributed by atoms with E-state index in [9.17, 15) is 4.79 Å². The molecule has 3 rings (SSSR count). The molecule has 1 N–H and O–H groups in total. The van der Waals surface area contributed by atoms with Gasteiger partial charge >= 0.3 is 0 Å². The van der Waals surface area contributed by atoms with E-state index in [1.807, 2.05) is 37.3 Å². The maximum absolute atomic E-state index is 12.1. The predicted molar refractivity (Wildman–Crippen MR) is 104 cm³/mol. The number of carbonyl (C=O) groups is 1. The third-order valence-electron chi connectivity index (χ3n) is 4.07. The van der Waals surface area contributed by atoms with Crippen LogP contribution in [-0.4, -0.2) is 40.3 Å². The average Bonchev–Trinajstić information content (AvgIpc) is 3.19. The zero-order valence-electron chi connectivity index (χ0n) is 15.9. The Hall–Kier alpha value is -3.68. The van der Waals surface area contributed by atoms with Crippen molar-refractivity contribution in [2.45, 2.75) is 13.5 Å². The molecule has 0 radical (unpaired) electrons. The highest BCUT2D eigenvalue weighted by Crippen LogP contribution is 2.27. The van der Waals surface area contributed by atoms with Crippen LogP contribution in [0, 0.1) is 6.92 Å². The first-order valence-corrected chi connectivity index (χ1v) is 8.63. The molecule has 0 fully saturated rings. The van der Waals surface area contributed by atoms with Gasteiger partial charge in [0.15, 0.2) is 17.3 Å². The SMILES string of the molecule is COc1ccc(/C=C/C(=O)NCc2nnnn2-c2ccc(C)cc2)cc1OC. The summed E-state index contributed by atoms with van der Waals surface area (Å²) in [7, 11) is 3.14.